The van der Waals surface area contributed by atoms with Crippen molar-refractivity contribution in [3.05, 3.63) is 24.3 Å². The van der Waals surface area contributed by atoms with Gasteiger partial charge in [-0.3, -0.25) is 0 Å². The third-order valence-corrected chi connectivity index (χ3v) is 1.22. The van der Waals surface area contributed by atoms with Crippen LogP contribution in [0.25, 0.3) is 11.1 Å². The Morgan fingerprint density at radius 1 is 1.00 bits per heavy atom. The maximum Gasteiger partial charge on any atom is 0.206 e. The van der Waals surface area contributed by atoms with Gasteiger partial charge in [-0.2, -0.15) is 0 Å². The van der Waals surface area contributed by atoms with E-state index in [9.17, 15) is 8.42 Å². The van der Waals surface area contributed by atoms with Crippen molar-refractivity contribution in [2.75, 3.05) is 13.3 Å². The lowest BCUT2D eigenvalue weighted by molar-refractivity contribution is 0.603. The van der Waals surface area contributed by atoms with Crippen molar-refractivity contribution in [2.24, 2.45) is 10.9 Å². The van der Waals surface area contributed by atoms with E-state index in [0.717, 1.165) is 6.26 Å². The molecule has 2 rings (SSSR count). The molecule has 6 heteroatoms. The number of rotatable bonds is 0. The first-order chi connectivity index (χ1) is 5.97. The second-order valence-corrected chi connectivity index (χ2v) is 4.07. The third-order valence-electron chi connectivity index (χ3n) is 1.22. The molecule has 0 heterocycles. The molecule has 0 fully saturated rings. The maximum absolute atomic E-state index is 9.41. The van der Waals surface area contributed by atoms with Crippen molar-refractivity contribution in [3.8, 4) is 11.1 Å². The first-order valence-corrected chi connectivity index (χ1v) is 5.58. The Labute approximate surface area is 90.8 Å². The van der Waals surface area contributed by atoms with Gasteiger partial charge in [-0.25, -0.2) is 13.6 Å². The fourth-order valence-corrected chi connectivity index (χ4v) is 0.663. The van der Waals surface area contributed by atoms with Gasteiger partial charge in [-0.15, -0.1) is 12.4 Å². The number of fused-ring (bicyclic) bond motifs is 1. The molecule has 82 valence electrons. The fraction of sp³-hybridized carbons (Fsp3) is 0.250. The van der Waals surface area contributed by atoms with E-state index in [-0.39, 0.29) is 12.4 Å². The van der Waals surface area contributed by atoms with E-state index in [4.69, 9.17) is 0 Å². The Kier molecular flexibility index (Phi) is 7.67. The molecule has 0 spiro atoms. The molecule has 4 nitrogen and oxygen atoms in total. The molecule has 0 radical (unpaired) electrons. The zero-order chi connectivity index (χ0) is 10.5. The molecule has 0 aromatic rings. The second-order valence-electron chi connectivity index (χ2n) is 2.41. The van der Waals surface area contributed by atoms with E-state index in [1.165, 1.54) is 18.2 Å². The van der Waals surface area contributed by atoms with E-state index in [1.807, 2.05) is 0 Å². The van der Waals surface area contributed by atoms with Crippen LogP contribution >= 0.6 is 12.4 Å². The van der Waals surface area contributed by atoms with Gasteiger partial charge in [0.05, 0.1) is 6.26 Å². The lowest BCUT2D eigenvalue weighted by atomic mass is 9.95. The van der Waals surface area contributed by atoms with Gasteiger partial charge in [0, 0.05) is 0 Å². The Hall–Kier alpha value is -0.620. The smallest absolute Gasteiger partial charge is 0.206 e. The van der Waals surface area contributed by atoms with Crippen LogP contribution in [0, 0.1) is 0 Å². The summed E-state index contributed by atoms with van der Waals surface area (Å²) in [5.74, 6) is 0. The van der Waals surface area contributed by atoms with Crippen LogP contribution in [-0.4, -0.2) is 21.7 Å². The van der Waals surface area contributed by atoms with Crippen molar-refractivity contribution in [1.82, 2.24) is 0 Å². The van der Waals surface area contributed by atoms with Gasteiger partial charge < -0.3 is 5.73 Å². The number of hydrogen-bond acceptors (Lipinski definition) is 3. The highest BCUT2D eigenvalue weighted by Crippen LogP contribution is 2.29. The number of halogens is 1. The molecule has 2 aliphatic rings. The van der Waals surface area contributed by atoms with E-state index in [2.05, 4.69) is 35.1 Å². The molecule has 0 bridgehead atoms. The monoisotopic (exact) mass is 238 g/mol. The lowest BCUT2D eigenvalue weighted by Crippen LogP contribution is -2.07. The molecule has 14 heavy (non-hydrogen) atoms. The zero-order valence-electron chi connectivity index (χ0n) is 8.10. The van der Waals surface area contributed by atoms with Crippen LogP contribution in [0.4, 0.5) is 0 Å². The predicted molar refractivity (Wildman–Crippen MR) is 61.8 cm³/mol. The van der Waals surface area contributed by atoms with Crippen LogP contribution in [0.5, 0.6) is 0 Å². The molecular weight excluding hydrogens is 224 g/mol. The average Bonchev–Trinajstić information content (AvgIpc) is 1.97. The summed E-state index contributed by atoms with van der Waals surface area (Å²) in [6.07, 6.45) is 0.938. The van der Waals surface area contributed by atoms with Gasteiger partial charge in [0.1, 0.15) is 0 Å². The summed E-state index contributed by atoms with van der Waals surface area (Å²) in [6.45, 7) is 0. The Balaban J connectivity index is 0. The van der Waals surface area contributed by atoms with Gasteiger partial charge in [-0.1, -0.05) is 24.3 Å². The molecular formula is C8H15ClN2O2S. The first-order valence-electron chi connectivity index (χ1n) is 3.63. The average molecular weight is 239 g/mol. The minimum atomic E-state index is -3.17. The number of benzene rings is 1. The molecule has 0 aromatic carbocycles. The molecule has 0 atom stereocenters. The molecule has 0 saturated carbocycles. The highest BCUT2D eigenvalue weighted by atomic mass is 35.5. The molecule has 0 unspecified atom stereocenters. The Morgan fingerprint density at radius 2 is 1.14 bits per heavy atom. The van der Waals surface area contributed by atoms with Crippen LogP contribution in [0.15, 0.2) is 24.3 Å². The van der Waals surface area contributed by atoms with E-state index >= 15 is 0 Å². The number of hydrogen-bond donors (Lipinski definition) is 2. The summed E-state index contributed by atoms with van der Waals surface area (Å²) >= 11 is 0. The molecule has 4 N–H and O–H groups in total. The van der Waals surface area contributed by atoms with E-state index in [0.29, 0.717) is 0 Å². The van der Waals surface area contributed by atoms with Crippen molar-refractivity contribution in [2.45, 2.75) is 0 Å². The van der Waals surface area contributed by atoms with Crippen LogP contribution in [0.2, 0.25) is 0 Å². The predicted octanol–water partition coefficient (Wildman–Crippen LogP) is 0.568. The SMILES string of the molecule is CN.CS(N)(=O)=O.Cl.c1cc2ccc1-2. The fourth-order valence-electron chi connectivity index (χ4n) is 0.663. The summed E-state index contributed by atoms with van der Waals surface area (Å²) < 4.78 is 18.8. The summed E-state index contributed by atoms with van der Waals surface area (Å²) in [4.78, 5) is 0. The van der Waals surface area contributed by atoms with Crippen LogP contribution in [0.1, 0.15) is 0 Å². The topological polar surface area (TPSA) is 86.2 Å². The number of primary sulfonamides is 1. The largest absolute Gasteiger partial charge is 0.333 e. The standard InChI is InChI=1S/C6H4.CH5NO2S.CH5N.ClH/c1-2-6-4-3-5(1)6;1-5(2,3)4;1-2;/h1-4H;1H3,(H2,2,3,4);2H2,1H3;1H. The lowest BCUT2D eigenvalue weighted by Gasteiger charge is -2.10. The summed E-state index contributed by atoms with van der Waals surface area (Å²) in [6, 6.07) is 8.48. The van der Waals surface area contributed by atoms with Crippen LogP contribution in [0.3, 0.4) is 0 Å². The summed E-state index contributed by atoms with van der Waals surface area (Å²) in [5.41, 5.74) is 7.35. The van der Waals surface area contributed by atoms with E-state index < -0.39 is 10.0 Å². The minimum absolute atomic E-state index is 0. The first kappa shape index (κ1) is 15.8. The summed E-state index contributed by atoms with van der Waals surface area (Å²) in [7, 11) is -1.67. The van der Waals surface area contributed by atoms with Crippen molar-refractivity contribution >= 4 is 22.4 Å². The highest BCUT2D eigenvalue weighted by Gasteiger charge is 2.03. The van der Waals surface area contributed by atoms with Crippen LogP contribution < -0.4 is 10.9 Å². The van der Waals surface area contributed by atoms with E-state index in [1.54, 1.807) is 0 Å². The van der Waals surface area contributed by atoms with Gasteiger partial charge in [0.2, 0.25) is 10.0 Å². The zero-order valence-corrected chi connectivity index (χ0v) is 9.73. The normalized spacial score (nSPS) is 9.43. The number of nitrogens with two attached hydrogens (primary N) is 2. The Bertz CT molecular complexity index is 319. The summed E-state index contributed by atoms with van der Waals surface area (Å²) in [5, 5.41) is 4.33. The highest BCUT2D eigenvalue weighted by molar-refractivity contribution is 7.88. The molecule has 0 saturated heterocycles. The molecule has 0 aromatic heterocycles. The minimum Gasteiger partial charge on any atom is -0.333 e. The molecule has 0 amide bonds. The molecule has 0 aliphatic heterocycles. The number of sulfonamides is 1. The van der Waals surface area contributed by atoms with Gasteiger partial charge >= 0.3 is 0 Å². The van der Waals surface area contributed by atoms with Crippen molar-refractivity contribution in [3.63, 3.8) is 0 Å². The van der Waals surface area contributed by atoms with Crippen molar-refractivity contribution in [1.29, 1.82) is 0 Å². The quantitative estimate of drug-likeness (QED) is 0.704. The van der Waals surface area contributed by atoms with Gasteiger partial charge in [0.15, 0.2) is 0 Å². The Morgan fingerprint density at radius 3 is 1.14 bits per heavy atom. The van der Waals surface area contributed by atoms with Gasteiger partial charge in [0.25, 0.3) is 0 Å². The van der Waals surface area contributed by atoms with Crippen LogP contribution in [-0.2, 0) is 10.0 Å². The molecule has 2 aliphatic carbocycles. The van der Waals surface area contributed by atoms with Crippen molar-refractivity contribution < 1.29 is 8.42 Å². The van der Waals surface area contributed by atoms with Gasteiger partial charge in [-0.05, 0) is 18.2 Å². The third kappa shape index (κ3) is 6.85. The second kappa shape index (κ2) is 6.78. The maximum atomic E-state index is 9.41.